The average Bonchev–Trinajstić information content (AvgIpc) is 2.63. The number of anilines is 1. The van der Waals surface area contributed by atoms with Crippen LogP contribution in [-0.2, 0) is 4.74 Å². The van der Waals surface area contributed by atoms with Crippen LogP contribution in [0.5, 0.6) is 0 Å². The number of hydrogen-bond donors (Lipinski definition) is 1. The van der Waals surface area contributed by atoms with Gasteiger partial charge in [-0.1, -0.05) is 0 Å². The van der Waals surface area contributed by atoms with Crippen LogP contribution < -0.4 is 5.32 Å². The van der Waals surface area contributed by atoms with Crippen LogP contribution in [0.3, 0.4) is 0 Å². The van der Waals surface area contributed by atoms with Crippen molar-refractivity contribution in [3.8, 4) is 0 Å². The molecule has 0 amide bonds. The molecule has 1 aromatic heterocycles. The van der Waals surface area contributed by atoms with E-state index < -0.39 is 10.5 Å². The Morgan fingerprint density at radius 3 is 2.55 bits per heavy atom. The predicted octanol–water partition coefficient (Wildman–Crippen LogP) is 2.91. The van der Waals surface area contributed by atoms with E-state index in [9.17, 15) is 10.1 Å². The van der Waals surface area contributed by atoms with Crippen LogP contribution in [0, 0.1) is 17.0 Å². The first-order valence-electron chi connectivity index (χ1n) is 6.81. The van der Waals surface area contributed by atoms with Crippen molar-refractivity contribution in [2.45, 2.75) is 53.2 Å². The quantitative estimate of drug-likeness (QED) is 0.615. The summed E-state index contributed by atoms with van der Waals surface area (Å²) in [4.78, 5) is 10.8. The average molecular weight is 284 g/mol. The normalized spacial score (nSPS) is 11.9. The first-order valence-corrected chi connectivity index (χ1v) is 6.81. The number of hydrogen-bond acceptors (Lipinski definition) is 5. The van der Waals surface area contributed by atoms with Crippen molar-refractivity contribution < 1.29 is 9.66 Å². The van der Waals surface area contributed by atoms with Gasteiger partial charge in [0.15, 0.2) is 0 Å². The van der Waals surface area contributed by atoms with E-state index in [2.05, 4.69) is 10.4 Å². The van der Waals surface area contributed by atoms with Crippen molar-refractivity contribution in [2.24, 2.45) is 0 Å². The molecule has 0 radical (unpaired) electrons. The fraction of sp³-hybridized carbons (Fsp3) is 0.769. The summed E-state index contributed by atoms with van der Waals surface area (Å²) in [6.45, 7) is 12.4. The first-order chi connectivity index (χ1) is 9.19. The zero-order valence-electron chi connectivity index (χ0n) is 13.1. The molecule has 7 heteroatoms. The lowest BCUT2D eigenvalue weighted by Crippen LogP contribution is -2.34. The SMILES string of the molecule is CCOC(C)(C)CNc1c([N+](=O)[O-])c(C)nn1C(C)C. The van der Waals surface area contributed by atoms with Crippen LogP contribution in [0.2, 0.25) is 0 Å². The van der Waals surface area contributed by atoms with Crippen molar-refractivity contribution >= 4 is 11.5 Å². The van der Waals surface area contributed by atoms with Crippen molar-refractivity contribution in [1.82, 2.24) is 9.78 Å². The van der Waals surface area contributed by atoms with E-state index in [4.69, 9.17) is 4.74 Å². The molecule has 0 saturated carbocycles. The van der Waals surface area contributed by atoms with E-state index in [1.54, 1.807) is 11.6 Å². The molecule has 7 nitrogen and oxygen atoms in total. The number of nitrogens with zero attached hydrogens (tertiary/aromatic N) is 3. The number of ether oxygens (including phenoxy) is 1. The topological polar surface area (TPSA) is 82.2 Å². The second-order valence-electron chi connectivity index (χ2n) is 5.62. The van der Waals surface area contributed by atoms with Gasteiger partial charge in [-0.25, -0.2) is 4.68 Å². The highest BCUT2D eigenvalue weighted by Crippen LogP contribution is 2.31. The Morgan fingerprint density at radius 2 is 2.10 bits per heavy atom. The Labute approximate surface area is 119 Å². The molecule has 114 valence electrons. The third-order valence-corrected chi connectivity index (χ3v) is 2.94. The van der Waals surface area contributed by atoms with Gasteiger partial charge in [-0.2, -0.15) is 5.10 Å². The lowest BCUT2D eigenvalue weighted by Gasteiger charge is -2.25. The minimum atomic E-state index is -0.400. The van der Waals surface area contributed by atoms with Gasteiger partial charge in [0.05, 0.1) is 10.5 Å². The second-order valence-corrected chi connectivity index (χ2v) is 5.62. The summed E-state index contributed by atoms with van der Waals surface area (Å²) in [5.41, 5.74) is 0.0502. The molecule has 0 unspecified atom stereocenters. The van der Waals surface area contributed by atoms with Gasteiger partial charge in [-0.3, -0.25) is 10.1 Å². The van der Waals surface area contributed by atoms with Gasteiger partial charge in [-0.05, 0) is 41.5 Å². The number of rotatable bonds is 7. The van der Waals surface area contributed by atoms with E-state index in [0.717, 1.165) is 0 Å². The predicted molar refractivity (Wildman–Crippen MR) is 78.2 cm³/mol. The monoisotopic (exact) mass is 284 g/mol. The maximum absolute atomic E-state index is 11.2. The molecule has 1 rings (SSSR count). The molecule has 0 aliphatic carbocycles. The van der Waals surface area contributed by atoms with Gasteiger partial charge in [0, 0.05) is 19.2 Å². The highest BCUT2D eigenvalue weighted by Gasteiger charge is 2.28. The number of aryl methyl sites for hydroxylation is 1. The molecule has 0 spiro atoms. The van der Waals surface area contributed by atoms with Crippen LogP contribution in [-0.4, -0.2) is 33.5 Å². The third kappa shape index (κ3) is 3.69. The van der Waals surface area contributed by atoms with Crippen LogP contribution >= 0.6 is 0 Å². The standard InChI is InChI=1S/C13H24N4O3/c1-7-20-13(5,6)8-14-12-11(17(18)19)10(4)15-16(12)9(2)3/h9,14H,7-8H2,1-6H3. The molecule has 0 bridgehead atoms. The first kappa shape index (κ1) is 16.4. The number of nitro groups is 1. The molecule has 0 saturated heterocycles. The molecule has 1 aromatic rings. The summed E-state index contributed by atoms with van der Waals surface area (Å²) in [5.74, 6) is 0.440. The molecule has 0 fully saturated rings. The molecule has 1 N–H and O–H groups in total. The summed E-state index contributed by atoms with van der Waals surface area (Å²) in [6, 6.07) is 0.0418. The summed E-state index contributed by atoms with van der Waals surface area (Å²) < 4.78 is 7.24. The second kappa shape index (κ2) is 6.21. The summed E-state index contributed by atoms with van der Waals surface area (Å²) in [7, 11) is 0. The molecule has 20 heavy (non-hydrogen) atoms. The Bertz CT molecular complexity index is 480. The maximum atomic E-state index is 11.2. The lowest BCUT2D eigenvalue weighted by molar-refractivity contribution is -0.384. The van der Waals surface area contributed by atoms with Gasteiger partial charge in [0.2, 0.25) is 5.82 Å². The summed E-state index contributed by atoms with van der Waals surface area (Å²) in [6.07, 6.45) is 0. The summed E-state index contributed by atoms with van der Waals surface area (Å²) >= 11 is 0. The Hall–Kier alpha value is -1.63. The fourth-order valence-electron chi connectivity index (χ4n) is 2.03. The molecular weight excluding hydrogens is 260 g/mol. The van der Waals surface area contributed by atoms with Gasteiger partial charge in [0.1, 0.15) is 5.69 Å². The van der Waals surface area contributed by atoms with E-state index >= 15 is 0 Å². The lowest BCUT2D eigenvalue weighted by atomic mass is 10.1. The molecular formula is C13H24N4O3. The van der Waals surface area contributed by atoms with E-state index in [1.165, 1.54) is 0 Å². The minimum absolute atomic E-state index is 0.0333. The fourth-order valence-corrected chi connectivity index (χ4v) is 2.03. The van der Waals surface area contributed by atoms with Gasteiger partial charge in [0.25, 0.3) is 0 Å². The molecule has 0 aromatic carbocycles. The van der Waals surface area contributed by atoms with Crippen molar-refractivity contribution in [3.63, 3.8) is 0 Å². The van der Waals surface area contributed by atoms with Crippen LogP contribution in [0.25, 0.3) is 0 Å². The third-order valence-electron chi connectivity index (χ3n) is 2.94. The zero-order chi connectivity index (χ0) is 15.5. The zero-order valence-corrected chi connectivity index (χ0v) is 13.1. The highest BCUT2D eigenvalue weighted by atomic mass is 16.6. The Balaban J connectivity index is 3.06. The van der Waals surface area contributed by atoms with Gasteiger partial charge >= 0.3 is 5.69 Å². The van der Waals surface area contributed by atoms with E-state index in [0.29, 0.717) is 24.7 Å². The van der Waals surface area contributed by atoms with Crippen LogP contribution in [0.15, 0.2) is 0 Å². The van der Waals surface area contributed by atoms with Gasteiger partial charge in [-0.15, -0.1) is 0 Å². The minimum Gasteiger partial charge on any atom is -0.374 e. The number of nitrogens with one attached hydrogen (secondary N) is 1. The van der Waals surface area contributed by atoms with E-state index in [-0.39, 0.29) is 11.7 Å². The van der Waals surface area contributed by atoms with Crippen LogP contribution in [0.4, 0.5) is 11.5 Å². The highest BCUT2D eigenvalue weighted by molar-refractivity contribution is 5.59. The van der Waals surface area contributed by atoms with Crippen molar-refractivity contribution in [3.05, 3.63) is 15.8 Å². The summed E-state index contributed by atoms with van der Waals surface area (Å²) in [5, 5.41) is 18.6. The molecule has 0 atom stereocenters. The van der Waals surface area contributed by atoms with Crippen LogP contribution in [0.1, 0.15) is 46.4 Å². The maximum Gasteiger partial charge on any atom is 0.333 e. The smallest absolute Gasteiger partial charge is 0.333 e. The number of aromatic nitrogens is 2. The van der Waals surface area contributed by atoms with Gasteiger partial charge < -0.3 is 10.1 Å². The molecule has 0 aliphatic heterocycles. The Morgan fingerprint density at radius 1 is 1.50 bits per heavy atom. The molecule has 1 heterocycles. The van der Waals surface area contributed by atoms with Crippen molar-refractivity contribution in [1.29, 1.82) is 0 Å². The largest absolute Gasteiger partial charge is 0.374 e. The van der Waals surface area contributed by atoms with Crippen molar-refractivity contribution in [2.75, 3.05) is 18.5 Å². The Kier molecular flexibility index (Phi) is 5.10. The van der Waals surface area contributed by atoms with E-state index in [1.807, 2.05) is 34.6 Å². The molecule has 0 aliphatic rings.